The molecule has 3 aromatic rings. The molecule has 0 aromatic carbocycles. The van der Waals surface area contributed by atoms with Gasteiger partial charge in [-0.15, -0.1) is 22.6 Å². The van der Waals surface area contributed by atoms with Gasteiger partial charge in [0.25, 0.3) is 5.91 Å². The van der Waals surface area contributed by atoms with E-state index in [1.165, 1.54) is 0 Å². The lowest BCUT2D eigenvalue weighted by Crippen LogP contribution is -2.40. The third-order valence-electron chi connectivity index (χ3n) is 5.89. The zero-order valence-electron chi connectivity index (χ0n) is 16.3. The van der Waals surface area contributed by atoms with Crippen LogP contribution in [0.25, 0.3) is 5.65 Å². The number of aromatic nitrogens is 5. The fourth-order valence-corrected chi connectivity index (χ4v) is 4.39. The van der Waals surface area contributed by atoms with Crippen LogP contribution < -0.4 is 5.32 Å². The molecule has 5 rings (SSSR count). The minimum atomic E-state index is 0. The first-order valence-corrected chi connectivity index (χ1v) is 10.1. The van der Waals surface area contributed by atoms with Gasteiger partial charge in [-0.05, 0) is 50.4 Å². The van der Waals surface area contributed by atoms with Crippen molar-refractivity contribution in [1.29, 1.82) is 0 Å². The normalized spacial score (nSPS) is 22.4. The van der Waals surface area contributed by atoms with Crippen LogP contribution in [0, 0.1) is 0 Å². The number of rotatable bonds is 3. The Morgan fingerprint density at radius 3 is 2.90 bits per heavy atom. The number of nitrogens with zero attached hydrogens (tertiary/aromatic N) is 6. The smallest absolute Gasteiger partial charge is 0.274 e. The molecule has 2 atom stereocenters. The average molecular weight is 416 g/mol. The Kier molecular flexibility index (Phi) is 5.82. The summed E-state index contributed by atoms with van der Waals surface area (Å²) in [6, 6.07) is 8.09. The number of carbonyl (C=O) groups excluding carboxylic acids is 1. The minimum absolute atomic E-state index is 0. The van der Waals surface area contributed by atoms with Crippen LogP contribution in [0.5, 0.6) is 0 Å². The first-order valence-electron chi connectivity index (χ1n) is 10.1. The van der Waals surface area contributed by atoms with Crippen LogP contribution in [0.2, 0.25) is 0 Å². The number of nitrogens with one attached hydrogen (secondary N) is 1. The van der Waals surface area contributed by atoms with E-state index in [0.29, 0.717) is 18.3 Å². The summed E-state index contributed by atoms with van der Waals surface area (Å²) in [5, 5.41) is 16.7. The molecular formula is C20H26ClN7O. The van der Waals surface area contributed by atoms with Gasteiger partial charge >= 0.3 is 0 Å². The maximum absolute atomic E-state index is 13.1. The SMILES string of the molecule is Cl.O=C(c1ccn(C2CCCNC2)n1)N1CCCC(c2nnc3ccccn23)C1. The second-order valence-electron chi connectivity index (χ2n) is 7.76. The third kappa shape index (κ3) is 3.86. The lowest BCUT2D eigenvalue weighted by atomic mass is 9.97. The summed E-state index contributed by atoms with van der Waals surface area (Å²) in [5.41, 5.74) is 1.39. The first-order chi connectivity index (χ1) is 13.8. The predicted octanol–water partition coefficient (Wildman–Crippen LogP) is 2.29. The number of hydrogen-bond donors (Lipinski definition) is 1. The van der Waals surface area contributed by atoms with E-state index in [9.17, 15) is 4.79 Å². The van der Waals surface area contributed by atoms with Crippen molar-refractivity contribution in [2.45, 2.75) is 37.6 Å². The number of piperidine rings is 2. The maximum Gasteiger partial charge on any atom is 0.274 e. The highest BCUT2D eigenvalue weighted by Crippen LogP contribution is 2.27. The average Bonchev–Trinajstić information content (AvgIpc) is 3.42. The summed E-state index contributed by atoms with van der Waals surface area (Å²) in [6.07, 6.45) is 8.17. The molecule has 2 unspecified atom stereocenters. The van der Waals surface area contributed by atoms with Gasteiger partial charge in [0.05, 0.1) is 6.04 Å². The molecule has 3 aromatic heterocycles. The number of likely N-dealkylation sites (tertiary alicyclic amines) is 1. The molecule has 0 spiro atoms. The number of pyridine rings is 1. The van der Waals surface area contributed by atoms with Crippen molar-refractivity contribution in [2.24, 2.45) is 0 Å². The van der Waals surface area contributed by atoms with Gasteiger partial charge in [0.1, 0.15) is 11.5 Å². The van der Waals surface area contributed by atoms with Gasteiger partial charge < -0.3 is 10.2 Å². The zero-order valence-corrected chi connectivity index (χ0v) is 17.1. The molecule has 2 aliphatic heterocycles. The molecule has 8 nitrogen and oxygen atoms in total. The van der Waals surface area contributed by atoms with E-state index < -0.39 is 0 Å². The molecule has 1 amide bonds. The number of fused-ring (bicyclic) bond motifs is 1. The summed E-state index contributed by atoms with van der Waals surface area (Å²) >= 11 is 0. The Labute approximate surface area is 175 Å². The van der Waals surface area contributed by atoms with Gasteiger partial charge in [-0.1, -0.05) is 6.07 Å². The van der Waals surface area contributed by atoms with Crippen LogP contribution in [0.4, 0.5) is 0 Å². The van der Waals surface area contributed by atoms with Gasteiger partial charge in [-0.2, -0.15) is 5.10 Å². The second-order valence-corrected chi connectivity index (χ2v) is 7.76. The lowest BCUT2D eigenvalue weighted by molar-refractivity contribution is 0.0696. The highest BCUT2D eigenvalue weighted by molar-refractivity contribution is 5.92. The van der Waals surface area contributed by atoms with Gasteiger partial charge in [0.15, 0.2) is 5.65 Å². The fourth-order valence-electron chi connectivity index (χ4n) is 4.39. The number of carbonyl (C=O) groups is 1. The quantitative estimate of drug-likeness (QED) is 0.709. The van der Waals surface area contributed by atoms with Crippen molar-refractivity contribution in [3.8, 4) is 0 Å². The summed E-state index contributed by atoms with van der Waals surface area (Å²) < 4.78 is 3.98. The van der Waals surface area contributed by atoms with Crippen LogP contribution in [-0.4, -0.2) is 61.4 Å². The fraction of sp³-hybridized carbons (Fsp3) is 0.500. The third-order valence-corrected chi connectivity index (χ3v) is 5.89. The van der Waals surface area contributed by atoms with Crippen LogP contribution in [0.15, 0.2) is 36.7 Å². The summed E-state index contributed by atoms with van der Waals surface area (Å²) in [4.78, 5) is 15.0. The molecule has 5 heterocycles. The van der Waals surface area contributed by atoms with Crippen molar-refractivity contribution < 1.29 is 4.79 Å². The second kappa shape index (κ2) is 8.51. The predicted molar refractivity (Wildman–Crippen MR) is 111 cm³/mol. The Morgan fingerprint density at radius 1 is 1.10 bits per heavy atom. The van der Waals surface area contributed by atoms with E-state index in [-0.39, 0.29) is 24.2 Å². The van der Waals surface area contributed by atoms with E-state index in [1.807, 2.05) is 50.6 Å². The lowest BCUT2D eigenvalue weighted by Gasteiger charge is -2.31. The van der Waals surface area contributed by atoms with E-state index in [2.05, 4.69) is 20.6 Å². The van der Waals surface area contributed by atoms with E-state index in [4.69, 9.17) is 0 Å². The Hall–Kier alpha value is -2.45. The standard InChI is InChI=1S/C20H25N7O.ClH/c28-20(17-8-12-27(24-17)16-6-3-9-21-13-16)25-10-4-5-15(14-25)19-23-22-18-7-1-2-11-26(18)19;/h1-2,7-8,11-12,15-16,21H,3-6,9-10,13-14H2;1H. The molecule has 2 saturated heterocycles. The topological polar surface area (TPSA) is 80.3 Å². The van der Waals surface area contributed by atoms with Gasteiger partial charge in [0.2, 0.25) is 0 Å². The Bertz CT molecular complexity index is 978. The van der Waals surface area contributed by atoms with Crippen molar-refractivity contribution >= 4 is 24.0 Å². The van der Waals surface area contributed by atoms with Crippen molar-refractivity contribution in [1.82, 2.24) is 34.6 Å². The Morgan fingerprint density at radius 2 is 2.03 bits per heavy atom. The molecule has 9 heteroatoms. The summed E-state index contributed by atoms with van der Waals surface area (Å²) in [6.45, 7) is 3.41. The number of halogens is 1. The van der Waals surface area contributed by atoms with E-state index >= 15 is 0 Å². The van der Waals surface area contributed by atoms with Gasteiger partial charge in [0, 0.05) is 37.9 Å². The van der Waals surface area contributed by atoms with Gasteiger partial charge in [-0.25, -0.2) is 0 Å². The first kappa shape index (κ1) is 19.8. The summed E-state index contributed by atoms with van der Waals surface area (Å²) in [5.74, 6) is 1.15. The molecule has 154 valence electrons. The van der Waals surface area contributed by atoms with Crippen molar-refractivity contribution in [3.63, 3.8) is 0 Å². The Balaban J connectivity index is 0.00000205. The molecule has 2 aliphatic rings. The minimum Gasteiger partial charge on any atom is -0.337 e. The van der Waals surface area contributed by atoms with Gasteiger partial charge in [-0.3, -0.25) is 13.9 Å². The summed E-state index contributed by atoms with van der Waals surface area (Å²) in [7, 11) is 0. The molecule has 1 N–H and O–H groups in total. The van der Waals surface area contributed by atoms with E-state index in [1.54, 1.807) is 0 Å². The van der Waals surface area contributed by atoms with Crippen molar-refractivity contribution in [3.05, 3.63) is 48.2 Å². The van der Waals surface area contributed by atoms with E-state index in [0.717, 1.165) is 56.8 Å². The number of hydrogen-bond acceptors (Lipinski definition) is 5. The van der Waals surface area contributed by atoms with Crippen LogP contribution in [0.1, 0.15) is 54.0 Å². The van der Waals surface area contributed by atoms with Crippen molar-refractivity contribution in [2.75, 3.05) is 26.2 Å². The van der Waals surface area contributed by atoms with Crippen LogP contribution in [0.3, 0.4) is 0 Å². The molecule has 2 fully saturated rings. The zero-order chi connectivity index (χ0) is 18.9. The highest BCUT2D eigenvalue weighted by Gasteiger charge is 2.29. The molecular weight excluding hydrogens is 390 g/mol. The molecule has 0 bridgehead atoms. The molecule has 0 saturated carbocycles. The molecule has 0 radical (unpaired) electrons. The molecule has 29 heavy (non-hydrogen) atoms. The highest BCUT2D eigenvalue weighted by atomic mass is 35.5. The largest absolute Gasteiger partial charge is 0.337 e. The van der Waals surface area contributed by atoms with Crippen LogP contribution in [-0.2, 0) is 0 Å². The monoisotopic (exact) mass is 415 g/mol. The van der Waals surface area contributed by atoms with Crippen LogP contribution >= 0.6 is 12.4 Å². The maximum atomic E-state index is 13.1. The number of amides is 1. The molecule has 0 aliphatic carbocycles.